The van der Waals surface area contributed by atoms with Gasteiger partial charge in [0.15, 0.2) is 0 Å². The second-order valence-electron chi connectivity index (χ2n) is 5.04. The van der Waals surface area contributed by atoms with Gasteiger partial charge in [-0.2, -0.15) is 0 Å². The molecule has 3 rings (SSSR count). The van der Waals surface area contributed by atoms with E-state index in [1.807, 2.05) is 5.38 Å². The minimum atomic E-state index is -0.585. The molecule has 1 aliphatic carbocycles. The number of amides is 1. The van der Waals surface area contributed by atoms with Gasteiger partial charge in [0.05, 0.1) is 9.35 Å². The minimum Gasteiger partial charge on any atom is -0.349 e. The van der Waals surface area contributed by atoms with Crippen LogP contribution in [0.4, 0.5) is 8.78 Å². The number of rotatable bonds is 3. The summed E-state index contributed by atoms with van der Waals surface area (Å²) in [5, 5.41) is 4.76. The van der Waals surface area contributed by atoms with Crippen molar-refractivity contribution < 1.29 is 13.6 Å². The molecule has 0 saturated heterocycles. The lowest BCUT2D eigenvalue weighted by atomic mass is 9.74. The molecule has 1 fully saturated rings. The Labute approximate surface area is 133 Å². The fraction of sp³-hybridized carbons (Fsp3) is 0.267. The Morgan fingerprint density at radius 3 is 2.67 bits per heavy atom. The zero-order valence-electron chi connectivity index (χ0n) is 10.9. The molecule has 110 valence electrons. The SMILES string of the molecule is O=C(N[C@H]1CC[C@H]1c1ccc(F)cc1F)c1ccsc1Br. The van der Waals surface area contributed by atoms with Crippen LogP contribution in [0.5, 0.6) is 0 Å². The molecular formula is C15H12BrF2NOS. The highest BCUT2D eigenvalue weighted by Crippen LogP contribution is 2.38. The van der Waals surface area contributed by atoms with Gasteiger partial charge in [-0.25, -0.2) is 8.78 Å². The summed E-state index contributed by atoms with van der Waals surface area (Å²) in [4.78, 5) is 12.2. The molecule has 2 atom stereocenters. The quantitative estimate of drug-likeness (QED) is 0.847. The molecule has 0 bridgehead atoms. The number of carbonyl (C=O) groups excluding carboxylic acids is 1. The molecular weight excluding hydrogens is 360 g/mol. The largest absolute Gasteiger partial charge is 0.349 e. The summed E-state index contributed by atoms with van der Waals surface area (Å²) >= 11 is 4.77. The van der Waals surface area contributed by atoms with Crippen LogP contribution in [0, 0.1) is 11.6 Å². The van der Waals surface area contributed by atoms with Crippen LogP contribution < -0.4 is 5.32 Å². The Morgan fingerprint density at radius 2 is 2.10 bits per heavy atom. The van der Waals surface area contributed by atoms with Crippen LogP contribution in [0.25, 0.3) is 0 Å². The third-order valence-electron chi connectivity index (χ3n) is 3.82. The molecule has 0 spiro atoms. The van der Waals surface area contributed by atoms with E-state index in [4.69, 9.17) is 0 Å². The Bertz CT molecular complexity index is 688. The number of halogens is 3. The monoisotopic (exact) mass is 371 g/mol. The zero-order valence-corrected chi connectivity index (χ0v) is 13.3. The highest BCUT2D eigenvalue weighted by Gasteiger charge is 2.35. The lowest BCUT2D eigenvalue weighted by molar-refractivity contribution is 0.0903. The number of hydrogen-bond donors (Lipinski definition) is 1. The zero-order chi connectivity index (χ0) is 15.0. The molecule has 1 aromatic carbocycles. The molecule has 1 aliphatic rings. The van der Waals surface area contributed by atoms with E-state index in [1.54, 1.807) is 6.07 Å². The molecule has 0 aliphatic heterocycles. The standard InChI is InChI=1S/C15H12BrF2NOS/c16-14-11(5-6-21-14)15(20)19-13-4-3-10(13)9-2-1-8(17)7-12(9)18/h1-2,5-7,10,13H,3-4H2,(H,19,20)/t10-,13-/m0/s1. The van der Waals surface area contributed by atoms with Crippen LogP contribution in [0.2, 0.25) is 0 Å². The predicted octanol–water partition coefficient (Wildman–Crippen LogP) is 4.46. The van der Waals surface area contributed by atoms with E-state index < -0.39 is 11.6 Å². The maximum absolute atomic E-state index is 13.8. The van der Waals surface area contributed by atoms with E-state index in [-0.39, 0.29) is 17.9 Å². The van der Waals surface area contributed by atoms with Gasteiger partial charge in [0, 0.05) is 18.0 Å². The second-order valence-corrected chi connectivity index (χ2v) is 7.27. The maximum Gasteiger partial charge on any atom is 0.253 e. The fourth-order valence-electron chi connectivity index (χ4n) is 2.55. The van der Waals surface area contributed by atoms with Crippen molar-refractivity contribution in [2.24, 2.45) is 0 Å². The summed E-state index contributed by atoms with van der Waals surface area (Å²) in [6.07, 6.45) is 1.59. The van der Waals surface area contributed by atoms with Crippen molar-refractivity contribution in [1.82, 2.24) is 5.32 Å². The first-order chi connectivity index (χ1) is 10.1. The van der Waals surface area contributed by atoms with Gasteiger partial charge >= 0.3 is 0 Å². The summed E-state index contributed by atoms with van der Waals surface area (Å²) in [5.74, 6) is -1.39. The maximum atomic E-state index is 13.8. The van der Waals surface area contributed by atoms with E-state index >= 15 is 0 Å². The van der Waals surface area contributed by atoms with Gasteiger partial charge in [-0.15, -0.1) is 11.3 Å². The van der Waals surface area contributed by atoms with Gasteiger partial charge in [-0.05, 0) is 51.8 Å². The second kappa shape index (κ2) is 5.85. The van der Waals surface area contributed by atoms with Crippen molar-refractivity contribution in [3.05, 3.63) is 56.2 Å². The van der Waals surface area contributed by atoms with Crippen molar-refractivity contribution in [2.45, 2.75) is 24.8 Å². The van der Waals surface area contributed by atoms with Crippen molar-refractivity contribution >= 4 is 33.2 Å². The van der Waals surface area contributed by atoms with Crippen LogP contribution in [0.1, 0.15) is 34.7 Å². The molecule has 6 heteroatoms. The third-order valence-corrected chi connectivity index (χ3v) is 5.50. The van der Waals surface area contributed by atoms with Gasteiger partial charge < -0.3 is 5.32 Å². The summed E-state index contributed by atoms with van der Waals surface area (Å²) in [6.45, 7) is 0. The van der Waals surface area contributed by atoms with Crippen LogP contribution in [0.3, 0.4) is 0 Å². The molecule has 1 saturated carbocycles. The fourth-order valence-corrected chi connectivity index (χ4v) is 3.80. The lowest BCUT2D eigenvalue weighted by Gasteiger charge is -2.37. The molecule has 2 nitrogen and oxygen atoms in total. The van der Waals surface area contributed by atoms with Crippen LogP contribution >= 0.6 is 27.3 Å². The highest BCUT2D eigenvalue weighted by atomic mass is 79.9. The lowest BCUT2D eigenvalue weighted by Crippen LogP contribution is -2.45. The summed E-state index contributed by atoms with van der Waals surface area (Å²) in [5.41, 5.74) is 1.06. The smallest absolute Gasteiger partial charge is 0.253 e. The first kappa shape index (κ1) is 14.7. The van der Waals surface area contributed by atoms with Gasteiger partial charge in [0.25, 0.3) is 5.91 Å². The molecule has 0 unspecified atom stereocenters. The molecule has 0 radical (unpaired) electrons. The van der Waals surface area contributed by atoms with Gasteiger partial charge in [-0.1, -0.05) is 6.07 Å². The van der Waals surface area contributed by atoms with Crippen molar-refractivity contribution in [1.29, 1.82) is 0 Å². The molecule has 1 heterocycles. The minimum absolute atomic E-state index is 0.0908. The Balaban J connectivity index is 1.73. The van der Waals surface area contributed by atoms with E-state index in [9.17, 15) is 13.6 Å². The average Bonchev–Trinajstić information content (AvgIpc) is 2.84. The van der Waals surface area contributed by atoms with Gasteiger partial charge in [-0.3, -0.25) is 4.79 Å². The summed E-state index contributed by atoms with van der Waals surface area (Å²) < 4.78 is 27.5. The molecule has 1 N–H and O–H groups in total. The van der Waals surface area contributed by atoms with Crippen LogP contribution in [-0.4, -0.2) is 11.9 Å². The van der Waals surface area contributed by atoms with Gasteiger partial charge in [0.1, 0.15) is 11.6 Å². The molecule has 2 aromatic rings. The number of hydrogen-bond acceptors (Lipinski definition) is 2. The molecule has 1 amide bonds. The number of benzene rings is 1. The molecule has 1 aromatic heterocycles. The number of nitrogens with one attached hydrogen (secondary N) is 1. The summed E-state index contributed by atoms with van der Waals surface area (Å²) in [6, 6.07) is 5.25. The van der Waals surface area contributed by atoms with E-state index in [1.165, 1.54) is 23.5 Å². The van der Waals surface area contributed by atoms with E-state index in [2.05, 4.69) is 21.2 Å². The predicted molar refractivity (Wildman–Crippen MR) is 81.6 cm³/mol. The highest BCUT2D eigenvalue weighted by molar-refractivity contribution is 9.11. The summed E-state index contributed by atoms with van der Waals surface area (Å²) in [7, 11) is 0. The van der Waals surface area contributed by atoms with E-state index in [0.717, 1.165) is 22.7 Å². The Hall–Kier alpha value is -1.27. The van der Waals surface area contributed by atoms with Crippen molar-refractivity contribution in [2.75, 3.05) is 0 Å². The molecule has 21 heavy (non-hydrogen) atoms. The van der Waals surface area contributed by atoms with Crippen molar-refractivity contribution in [3.63, 3.8) is 0 Å². The van der Waals surface area contributed by atoms with Crippen LogP contribution in [0.15, 0.2) is 33.4 Å². The normalized spacial score (nSPS) is 20.9. The first-order valence-corrected chi connectivity index (χ1v) is 8.22. The van der Waals surface area contributed by atoms with Crippen LogP contribution in [-0.2, 0) is 0 Å². The van der Waals surface area contributed by atoms with Crippen molar-refractivity contribution in [3.8, 4) is 0 Å². The average molecular weight is 372 g/mol. The Kier molecular flexibility index (Phi) is 4.08. The van der Waals surface area contributed by atoms with E-state index in [0.29, 0.717) is 11.1 Å². The number of thiophene rings is 1. The number of carbonyl (C=O) groups is 1. The topological polar surface area (TPSA) is 29.1 Å². The Morgan fingerprint density at radius 1 is 1.29 bits per heavy atom. The van der Waals surface area contributed by atoms with Gasteiger partial charge in [0.2, 0.25) is 0 Å². The first-order valence-electron chi connectivity index (χ1n) is 6.55. The third kappa shape index (κ3) is 2.87.